The maximum absolute atomic E-state index is 13.0. The summed E-state index contributed by atoms with van der Waals surface area (Å²) < 4.78 is 0. The third-order valence-corrected chi connectivity index (χ3v) is 4.94. The molecule has 3 rings (SSSR count). The molecule has 24 heavy (non-hydrogen) atoms. The molecule has 1 saturated carbocycles. The third kappa shape index (κ3) is 3.88. The predicted molar refractivity (Wildman–Crippen MR) is 101 cm³/mol. The van der Waals surface area contributed by atoms with E-state index >= 15 is 0 Å². The van der Waals surface area contributed by atoms with Crippen LogP contribution < -0.4 is 0 Å². The Kier molecular flexibility index (Phi) is 6.59. The molecular formula is C21H32N2O. The summed E-state index contributed by atoms with van der Waals surface area (Å²) >= 11 is 0. The Morgan fingerprint density at radius 1 is 1.12 bits per heavy atom. The van der Waals surface area contributed by atoms with Crippen molar-refractivity contribution >= 4 is 11.7 Å². The average molecular weight is 328 g/mol. The fourth-order valence-electron chi connectivity index (χ4n) is 3.57. The van der Waals surface area contributed by atoms with Gasteiger partial charge in [0.05, 0.1) is 6.54 Å². The molecule has 0 aromatic heterocycles. The van der Waals surface area contributed by atoms with E-state index in [1.807, 2.05) is 18.7 Å². The van der Waals surface area contributed by atoms with Crippen molar-refractivity contribution in [2.45, 2.75) is 84.7 Å². The van der Waals surface area contributed by atoms with Gasteiger partial charge in [-0.1, -0.05) is 69.9 Å². The van der Waals surface area contributed by atoms with Gasteiger partial charge in [-0.15, -0.1) is 0 Å². The molecular weight excluding hydrogens is 296 g/mol. The first kappa shape index (κ1) is 18.7. The van der Waals surface area contributed by atoms with Crippen molar-refractivity contribution < 1.29 is 4.79 Å². The molecule has 1 amide bonds. The lowest BCUT2D eigenvalue weighted by Crippen LogP contribution is -2.40. The van der Waals surface area contributed by atoms with Crippen LogP contribution in [0, 0.1) is 6.92 Å². The first-order chi connectivity index (χ1) is 11.6. The summed E-state index contributed by atoms with van der Waals surface area (Å²) in [5, 5.41) is 0. The van der Waals surface area contributed by atoms with Crippen LogP contribution in [0.5, 0.6) is 0 Å². The second-order valence-electron chi connectivity index (χ2n) is 6.75. The van der Waals surface area contributed by atoms with Gasteiger partial charge in [0.15, 0.2) is 0 Å². The van der Waals surface area contributed by atoms with Crippen LogP contribution in [-0.2, 0) is 11.3 Å². The van der Waals surface area contributed by atoms with E-state index in [2.05, 4.69) is 38.1 Å². The number of unbranched alkanes of at least 4 members (excludes halogenated alkanes) is 1. The largest absolute Gasteiger partial charge is 0.294 e. The minimum atomic E-state index is -0.409. The molecule has 1 aliphatic heterocycles. The van der Waals surface area contributed by atoms with Gasteiger partial charge < -0.3 is 0 Å². The van der Waals surface area contributed by atoms with E-state index in [9.17, 15) is 4.79 Å². The Hall–Kier alpha value is -1.64. The van der Waals surface area contributed by atoms with Crippen LogP contribution in [0.4, 0.5) is 0 Å². The summed E-state index contributed by atoms with van der Waals surface area (Å²) in [6.07, 6.45) is 7.31. The molecule has 132 valence electrons. The van der Waals surface area contributed by atoms with Crippen molar-refractivity contribution in [2.24, 2.45) is 4.99 Å². The molecule has 0 saturated heterocycles. The molecule has 1 aromatic carbocycles. The molecule has 0 bridgehead atoms. The van der Waals surface area contributed by atoms with Crippen molar-refractivity contribution in [3.8, 4) is 0 Å². The highest BCUT2D eigenvalue weighted by Gasteiger charge is 2.49. The SMILES string of the molecule is CC.CCCCC1=NC2(CCCC2)C(=O)N1Cc1ccc(C)cc1. The average Bonchev–Trinajstić information content (AvgIpc) is 3.18. The van der Waals surface area contributed by atoms with E-state index < -0.39 is 5.54 Å². The van der Waals surface area contributed by atoms with Crippen LogP contribution >= 0.6 is 0 Å². The highest BCUT2D eigenvalue weighted by atomic mass is 16.2. The lowest BCUT2D eigenvalue weighted by atomic mass is 9.98. The van der Waals surface area contributed by atoms with Gasteiger partial charge in [-0.05, 0) is 31.7 Å². The summed E-state index contributed by atoms with van der Waals surface area (Å²) in [6, 6.07) is 8.48. The summed E-state index contributed by atoms with van der Waals surface area (Å²) in [7, 11) is 0. The zero-order valence-corrected chi connectivity index (χ0v) is 15.8. The highest BCUT2D eigenvalue weighted by Crippen LogP contribution is 2.40. The number of carbonyl (C=O) groups is 1. The molecule has 3 heteroatoms. The normalized spacial score (nSPS) is 18.6. The topological polar surface area (TPSA) is 32.7 Å². The number of hydrogen-bond acceptors (Lipinski definition) is 2. The fraction of sp³-hybridized carbons (Fsp3) is 0.619. The molecule has 1 fully saturated rings. The molecule has 0 N–H and O–H groups in total. The predicted octanol–water partition coefficient (Wildman–Crippen LogP) is 5.26. The number of aliphatic imine (C=N–C) groups is 1. The third-order valence-electron chi connectivity index (χ3n) is 4.94. The summed E-state index contributed by atoms with van der Waals surface area (Å²) in [4.78, 5) is 19.9. The van der Waals surface area contributed by atoms with Crippen LogP contribution in [0.2, 0.25) is 0 Å². The quantitative estimate of drug-likeness (QED) is 0.725. The van der Waals surface area contributed by atoms with Crippen molar-refractivity contribution in [1.29, 1.82) is 0 Å². The van der Waals surface area contributed by atoms with Gasteiger partial charge >= 0.3 is 0 Å². The fourth-order valence-corrected chi connectivity index (χ4v) is 3.57. The zero-order chi connectivity index (χ0) is 17.6. The lowest BCUT2D eigenvalue weighted by Gasteiger charge is -2.22. The smallest absolute Gasteiger partial charge is 0.256 e. The molecule has 1 aromatic rings. The lowest BCUT2D eigenvalue weighted by molar-refractivity contribution is -0.131. The van der Waals surface area contributed by atoms with E-state index in [0.717, 1.165) is 50.8 Å². The van der Waals surface area contributed by atoms with Gasteiger partial charge in [-0.2, -0.15) is 0 Å². The Morgan fingerprint density at radius 2 is 1.75 bits per heavy atom. The van der Waals surface area contributed by atoms with Crippen molar-refractivity contribution in [3.63, 3.8) is 0 Å². The minimum Gasteiger partial charge on any atom is -0.294 e. The monoisotopic (exact) mass is 328 g/mol. The first-order valence-corrected chi connectivity index (χ1v) is 9.61. The van der Waals surface area contributed by atoms with Gasteiger partial charge in [0.25, 0.3) is 5.91 Å². The Bertz CT molecular complexity index is 568. The number of amides is 1. The number of aryl methyl sites for hydroxylation is 1. The Morgan fingerprint density at radius 3 is 2.33 bits per heavy atom. The maximum Gasteiger partial charge on any atom is 0.256 e. The highest BCUT2D eigenvalue weighted by molar-refractivity contribution is 6.08. The summed E-state index contributed by atoms with van der Waals surface area (Å²) in [5.41, 5.74) is 2.04. The molecule has 1 heterocycles. The minimum absolute atomic E-state index is 0.247. The standard InChI is InChI=1S/C19H26N2O.C2H6/c1-3-4-7-17-20-19(12-5-6-13-19)18(22)21(17)14-16-10-8-15(2)9-11-16;1-2/h8-11H,3-7,12-14H2,1-2H3;1-2H3. The second kappa shape index (κ2) is 8.46. The van der Waals surface area contributed by atoms with E-state index in [0.29, 0.717) is 6.54 Å². The van der Waals surface area contributed by atoms with Crippen molar-refractivity contribution in [3.05, 3.63) is 35.4 Å². The zero-order valence-electron chi connectivity index (χ0n) is 15.8. The van der Waals surface area contributed by atoms with E-state index in [1.54, 1.807) is 0 Å². The van der Waals surface area contributed by atoms with Gasteiger partial charge in [-0.3, -0.25) is 14.7 Å². The van der Waals surface area contributed by atoms with E-state index in [1.165, 1.54) is 11.1 Å². The number of carbonyl (C=O) groups excluding carboxylic acids is 1. The number of amidine groups is 1. The molecule has 0 unspecified atom stereocenters. The van der Waals surface area contributed by atoms with Crippen LogP contribution in [0.3, 0.4) is 0 Å². The number of benzene rings is 1. The molecule has 1 spiro atoms. The molecule has 1 aliphatic carbocycles. The molecule has 2 aliphatic rings. The van der Waals surface area contributed by atoms with Gasteiger partial charge in [0, 0.05) is 6.42 Å². The second-order valence-corrected chi connectivity index (χ2v) is 6.75. The van der Waals surface area contributed by atoms with Crippen LogP contribution in [0.25, 0.3) is 0 Å². The first-order valence-electron chi connectivity index (χ1n) is 9.61. The molecule has 0 radical (unpaired) electrons. The van der Waals surface area contributed by atoms with Crippen molar-refractivity contribution in [1.82, 2.24) is 4.90 Å². The van der Waals surface area contributed by atoms with E-state index in [4.69, 9.17) is 4.99 Å². The number of hydrogen-bond donors (Lipinski definition) is 0. The maximum atomic E-state index is 13.0. The van der Waals surface area contributed by atoms with Gasteiger partial charge in [0.1, 0.15) is 11.4 Å². The number of rotatable bonds is 5. The van der Waals surface area contributed by atoms with Crippen LogP contribution in [0.15, 0.2) is 29.3 Å². The molecule has 3 nitrogen and oxygen atoms in total. The van der Waals surface area contributed by atoms with Crippen LogP contribution in [0.1, 0.15) is 76.8 Å². The summed E-state index contributed by atoms with van der Waals surface area (Å²) in [5.74, 6) is 1.27. The van der Waals surface area contributed by atoms with Gasteiger partial charge in [-0.25, -0.2) is 0 Å². The van der Waals surface area contributed by atoms with Gasteiger partial charge in [0.2, 0.25) is 0 Å². The van der Waals surface area contributed by atoms with Crippen molar-refractivity contribution in [2.75, 3.05) is 0 Å². The Balaban J connectivity index is 0.00000100. The van der Waals surface area contributed by atoms with Crippen LogP contribution in [-0.4, -0.2) is 22.2 Å². The number of nitrogens with zero attached hydrogens (tertiary/aromatic N) is 2. The Labute approximate surface area is 147 Å². The molecule has 0 atom stereocenters. The van der Waals surface area contributed by atoms with E-state index in [-0.39, 0.29) is 5.91 Å². The summed E-state index contributed by atoms with van der Waals surface area (Å²) in [6.45, 7) is 8.95.